The zero-order chi connectivity index (χ0) is 12.8. The molecule has 0 aliphatic carbocycles. The van der Waals surface area contributed by atoms with E-state index in [2.05, 4.69) is 4.98 Å². The molecular weight excluding hydrogens is 226 g/mol. The first-order chi connectivity index (χ1) is 8.00. The molecule has 1 aromatic rings. The Morgan fingerprint density at radius 2 is 1.88 bits per heavy atom. The summed E-state index contributed by atoms with van der Waals surface area (Å²) >= 11 is 0. The third kappa shape index (κ3) is 3.94. The van der Waals surface area contributed by atoms with Crippen molar-refractivity contribution in [1.29, 1.82) is 0 Å². The van der Waals surface area contributed by atoms with E-state index in [1.165, 1.54) is 18.5 Å². The second-order valence-corrected chi connectivity index (χ2v) is 3.29. The molecule has 0 bridgehead atoms. The van der Waals surface area contributed by atoms with Crippen LogP contribution in [-0.4, -0.2) is 33.4 Å². The Morgan fingerprint density at radius 3 is 2.41 bits per heavy atom. The Bertz CT molecular complexity index is 466. The molecule has 88 valence electrons. The molecule has 0 atom stereocenters. The molecular formula is C11H9NO5. The highest BCUT2D eigenvalue weighted by molar-refractivity contribution is 6.36. The molecule has 1 aromatic heterocycles. The number of Topliss-reactive ketones (excluding diaryl/α,β-unsaturated/α-hetero) is 3. The summed E-state index contributed by atoms with van der Waals surface area (Å²) in [6.07, 6.45) is 1.52. The first-order valence-corrected chi connectivity index (χ1v) is 4.71. The SMILES string of the molecule is O=C(CC(=O)C(=O)O)CC(=O)c1cccnc1. The van der Waals surface area contributed by atoms with Gasteiger partial charge in [-0.1, -0.05) is 0 Å². The van der Waals surface area contributed by atoms with E-state index in [9.17, 15) is 19.2 Å². The highest BCUT2D eigenvalue weighted by Gasteiger charge is 2.19. The van der Waals surface area contributed by atoms with Gasteiger partial charge in [0, 0.05) is 18.0 Å². The number of carboxylic acids is 1. The van der Waals surface area contributed by atoms with Gasteiger partial charge in [0.25, 0.3) is 0 Å². The van der Waals surface area contributed by atoms with Crippen molar-refractivity contribution < 1.29 is 24.3 Å². The van der Waals surface area contributed by atoms with Crippen molar-refractivity contribution in [2.75, 3.05) is 0 Å². The van der Waals surface area contributed by atoms with E-state index in [0.29, 0.717) is 0 Å². The van der Waals surface area contributed by atoms with Gasteiger partial charge in [0.1, 0.15) is 5.78 Å². The zero-order valence-electron chi connectivity index (χ0n) is 8.75. The summed E-state index contributed by atoms with van der Waals surface area (Å²) in [5.41, 5.74) is 0.253. The van der Waals surface area contributed by atoms with Crippen molar-refractivity contribution in [2.24, 2.45) is 0 Å². The molecule has 0 saturated carbocycles. The fourth-order valence-electron chi connectivity index (χ4n) is 1.13. The van der Waals surface area contributed by atoms with Crippen LogP contribution in [0.4, 0.5) is 0 Å². The van der Waals surface area contributed by atoms with Crippen molar-refractivity contribution >= 4 is 23.3 Å². The lowest BCUT2D eigenvalue weighted by atomic mass is 10.0. The lowest BCUT2D eigenvalue weighted by Crippen LogP contribution is -2.19. The summed E-state index contributed by atoms with van der Waals surface area (Å²) in [6, 6.07) is 3.03. The predicted octanol–water partition coefficient (Wildman–Crippen LogP) is 0.267. The van der Waals surface area contributed by atoms with Crippen LogP contribution in [0, 0.1) is 0 Å². The van der Waals surface area contributed by atoms with Crippen molar-refractivity contribution in [3.63, 3.8) is 0 Å². The molecule has 6 heteroatoms. The van der Waals surface area contributed by atoms with Gasteiger partial charge in [-0.2, -0.15) is 0 Å². The number of hydrogen-bond acceptors (Lipinski definition) is 5. The van der Waals surface area contributed by atoms with E-state index in [-0.39, 0.29) is 5.56 Å². The van der Waals surface area contributed by atoms with Crippen LogP contribution in [0.25, 0.3) is 0 Å². The second-order valence-electron chi connectivity index (χ2n) is 3.29. The Balaban J connectivity index is 2.56. The van der Waals surface area contributed by atoms with Gasteiger partial charge in [-0.3, -0.25) is 19.4 Å². The van der Waals surface area contributed by atoms with E-state index < -0.39 is 36.2 Å². The molecule has 1 N–H and O–H groups in total. The van der Waals surface area contributed by atoms with Crippen molar-refractivity contribution in [1.82, 2.24) is 4.98 Å². The van der Waals surface area contributed by atoms with Gasteiger partial charge >= 0.3 is 5.97 Å². The quantitative estimate of drug-likeness (QED) is 0.431. The fourth-order valence-corrected chi connectivity index (χ4v) is 1.13. The molecule has 0 fully saturated rings. The Morgan fingerprint density at radius 1 is 1.18 bits per heavy atom. The number of carbonyl (C=O) groups is 4. The average Bonchev–Trinajstić information content (AvgIpc) is 2.29. The number of hydrogen-bond donors (Lipinski definition) is 1. The van der Waals surface area contributed by atoms with Crippen LogP contribution in [0.2, 0.25) is 0 Å². The lowest BCUT2D eigenvalue weighted by molar-refractivity contribution is -0.150. The topological polar surface area (TPSA) is 101 Å². The van der Waals surface area contributed by atoms with Gasteiger partial charge in [-0.15, -0.1) is 0 Å². The average molecular weight is 235 g/mol. The summed E-state index contributed by atoms with van der Waals surface area (Å²) in [6.45, 7) is 0. The molecule has 0 saturated heterocycles. The van der Waals surface area contributed by atoms with Gasteiger partial charge in [-0.25, -0.2) is 4.79 Å². The van der Waals surface area contributed by atoms with Crippen molar-refractivity contribution in [3.8, 4) is 0 Å². The van der Waals surface area contributed by atoms with Gasteiger partial charge in [0.2, 0.25) is 5.78 Å². The highest BCUT2D eigenvalue weighted by Crippen LogP contribution is 2.03. The van der Waals surface area contributed by atoms with E-state index in [4.69, 9.17) is 5.11 Å². The van der Waals surface area contributed by atoms with Crippen LogP contribution in [0.1, 0.15) is 23.2 Å². The smallest absolute Gasteiger partial charge is 0.372 e. The van der Waals surface area contributed by atoms with Crippen LogP contribution in [0.15, 0.2) is 24.5 Å². The van der Waals surface area contributed by atoms with Crippen LogP contribution < -0.4 is 0 Å². The Hall–Kier alpha value is -2.37. The van der Waals surface area contributed by atoms with Crippen LogP contribution in [0.3, 0.4) is 0 Å². The molecule has 0 aromatic carbocycles. The van der Waals surface area contributed by atoms with Gasteiger partial charge in [0.15, 0.2) is 5.78 Å². The number of carbonyl (C=O) groups excluding carboxylic acids is 3. The third-order valence-electron chi connectivity index (χ3n) is 1.94. The molecule has 0 aliphatic rings. The molecule has 17 heavy (non-hydrogen) atoms. The van der Waals surface area contributed by atoms with Crippen molar-refractivity contribution in [3.05, 3.63) is 30.1 Å². The fraction of sp³-hybridized carbons (Fsp3) is 0.182. The van der Waals surface area contributed by atoms with Crippen LogP contribution in [-0.2, 0) is 14.4 Å². The van der Waals surface area contributed by atoms with E-state index in [0.717, 1.165) is 0 Å². The van der Waals surface area contributed by atoms with Gasteiger partial charge in [-0.05, 0) is 12.1 Å². The summed E-state index contributed by atoms with van der Waals surface area (Å²) in [7, 11) is 0. The number of rotatable bonds is 6. The Labute approximate surface area is 96.3 Å². The highest BCUT2D eigenvalue weighted by atomic mass is 16.4. The summed E-state index contributed by atoms with van der Waals surface area (Å²) in [5, 5.41) is 8.29. The molecule has 0 amide bonds. The van der Waals surface area contributed by atoms with E-state index >= 15 is 0 Å². The minimum atomic E-state index is -1.67. The molecule has 1 rings (SSSR count). The maximum absolute atomic E-state index is 11.5. The summed E-state index contributed by atoms with van der Waals surface area (Å²) < 4.78 is 0. The van der Waals surface area contributed by atoms with E-state index in [1.54, 1.807) is 6.07 Å². The number of carboxylic acid groups (broad SMARTS) is 1. The summed E-state index contributed by atoms with van der Waals surface area (Å²) in [5.74, 6) is -4.09. The number of aromatic nitrogens is 1. The molecule has 0 aliphatic heterocycles. The molecule has 6 nitrogen and oxygen atoms in total. The first-order valence-electron chi connectivity index (χ1n) is 4.71. The number of aliphatic carboxylic acids is 1. The lowest BCUT2D eigenvalue weighted by Gasteiger charge is -1.98. The molecule has 0 unspecified atom stereocenters. The second kappa shape index (κ2) is 5.64. The largest absolute Gasteiger partial charge is 0.475 e. The zero-order valence-corrected chi connectivity index (χ0v) is 8.75. The van der Waals surface area contributed by atoms with E-state index in [1.807, 2.05) is 0 Å². The maximum atomic E-state index is 11.5. The van der Waals surface area contributed by atoms with Gasteiger partial charge in [0.05, 0.1) is 12.8 Å². The minimum absolute atomic E-state index is 0.253. The van der Waals surface area contributed by atoms with Crippen LogP contribution >= 0.6 is 0 Å². The van der Waals surface area contributed by atoms with Crippen LogP contribution in [0.5, 0.6) is 0 Å². The molecule has 0 radical (unpaired) electrons. The van der Waals surface area contributed by atoms with Crippen molar-refractivity contribution in [2.45, 2.75) is 12.8 Å². The Kier molecular flexibility index (Phi) is 4.21. The third-order valence-corrected chi connectivity index (χ3v) is 1.94. The number of ketones is 3. The molecule has 0 spiro atoms. The number of pyridine rings is 1. The number of nitrogens with zero attached hydrogens (tertiary/aromatic N) is 1. The molecule has 1 heterocycles. The summed E-state index contributed by atoms with van der Waals surface area (Å²) in [4.78, 5) is 47.3. The standard InChI is InChI=1S/C11H9NO5/c13-8(5-10(15)11(16)17)4-9(14)7-2-1-3-12-6-7/h1-3,6H,4-5H2,(H,16,17). The first kappa shape index (κ1) is 12.7. The normalized spacial score (nSPS) is 9.65. The predicted molar refractivity (Wildman–Crippen MR) is 55.5 cm³/mol. The maximum Gasteiger partial charge on any atom is 0.372 e. The minimum Gasteiger partial charge on any atom is -0.475 e. The monoisotopic (exact) mass is 235 g/mol. The van der Waals surface area contributed by atoms with Gasteiger partial charge < -0.3 is 5.11 Å².